The third kappa shape index (κ3) is 1.62. The van der Waals surface area contributed by atoms with Gasteiger partial charge in [-0.15, -0.1) is 0 Å². The maximum absolute atomic E-state index is 13.0. The lowest BCUT2D eigenvalue weighted by Crippen LogP contribution is -2.51. The Morgan fingerprint density at radius 2 is 1.85 bits per heavy atom. The number of para-hydroxylation sites is 1. The maximum atomic E-state index is 13.0. The SMILES string of the molecule is Fc1cccc(F)c1NC1CNC1. The standard InChI is InChI=1S/C9H10F2N2/c10-7-2-1-3-8(11)9(7)13-6-4-12-5-6/h1-3,6,12-13H,4-5H2. The summed E-state index contributed by atoms with van der Waals surface area (Å²) in [7, 11) is 0. The quantitative estimate of drug-likeness (QED) is 0.725. The van der Waals surface area contributed by atoms with Crippen LogP contribution >= 0.6 is 0 Å². The minimum atomic E-state index is -0.535. The fourth-order valence-corrected chi connectivity index (χ4v) is 1.23. The second-order valence-electron chi connectivity index (χ2n) is 3.10. The van der Waals surface area contributed by atoms with Crippen LogP contribution in [0.1, 0.15) is 0 Å². The third-order valence-corrected chi connectivity index (χ3v) is 2.09. The molecule has 4 heteroatoms. The summed E-state index contributed by atoms with van der Waals surface area (Å²) in [6.45, 7) is 1.52. The molecule has 13 heavy (non-hydrogen) atoms. The van der Waals surface area contributed by atoms with Crippen LogP contribution in [-0.4, -0.2) is 19.1 Å². The average Bonchev–Trinajstić information content (AvgIpc) is 2.00. The van der Waals surface area contributed by atoms with Gasteiger partial charge in [0.1, 0.15) is 17.3 Å². The Kier molecular flexibility index (Phi) is 2.14. The van der Waals surface area contributed by atoms with Gasteiger partial charge in [-0.25, -0.2) is 8.78 Å². The molecule has 0 aromatic heterocycles. The van der Waals surface area contributed by atoms with Crippen molar-refractivity contribution in [2.24, 2.45) is 0 Å². The number of halogens is 2. The Bertz CT molecular complexity index is 290. The van der Waals surface area contributed by atoms with E-state index in [-0.39, 0.29) is 11.7 Å². The zero-order chi connectivity index (χ0) is 9.26. The van der Waals surface area contributed by atoms with Crippen molar-refractivity contribution in [1.82, 2.24) is 5.32 Å². The summed E-state index contributed by atoms with van der Waals surface area (Å²) < 4.78 is 26.1. The summed E-state index contributed by atoms with van der Waals surface area (Å²) in [6.07, 6.45) is 0. The van der Waals surface area contributed by atoms with E-state index in [9.17, 15) is 8.78 Å². The summed E-state index contributed by atoms with van der Waals surface area (Å²) in [5.41, 5.74) is -0.0194. The van der Waals surface area contributed by atoms with E-state index >= 15 is 0 Å². The highest BCUT2D eigenvalue weighted by molar-refractivity contribution is 5.47. The zero-order valence-corrected chi connectivity index (χ0v) is 6.98. The molecule has 1 aliphatic rings. The molecular weight excluding hydrogens is 174 g/mol. The summed E-state index contributed by atoms with van der Waals surface area (Å²) in [6, 6.07) is 4.00. The topological polar surface area (TPSA) is 24.1 Å². The summed E-state index contributed by atoms with van der Waals surface area (Å²) in [5, 5.41) is 5.82. The minimum Gasteiger partial charge on any atom is -0.375 e. The Balaban J connectivity index is 2.17. The van der Waals surface area contributed by atoms with Gasteiger partial charge in [-0.3, -0.25) is 0 Å². The van der Waals surface area contributed by atoms with Crippen LogP contribution in [0.15, 0.2) is 18.2 Å². The maximum Gasteiger partial charge on any atom is 0.149 e. The molecule has 1 saturated heterocycles. The highest BCUT2D eigenvalue weighted by Gasteiger charge is 2.19. The number of nitrogens with one attached hydrogen (secondary N) is 2. The predicted octanol–water partition coefficient (Wildman–Crippen LogP) is 1.35. The van der Waals surface area contributed by atoms with Gasteiger partial charge in [0.15, 0.2) is 0 Å². The Morgan fingerprint density at radius 3 is 2.31 bits per heavy atom. The van der Waals surface area contributed by atoms with Crippen LogP contribution in [-0.2, 0) is 0 Å². The van der Waals surface area contributed by atoms with Gasteiger partial charge >= 0.3 is 0 Å². The molecule has 0 aliphatic carbocycles. The molecule has 70 valence electrons. The molecule has 0 unspecified atom stereocenters. The molecule has 0 atom stereocenters. The second kappa shape index (κ2) is 3.30. The van der Waals surface area contributed by atoms with Crippen molar-refractivity contribution in [3.05, 3.63) is 29.8 Å². The monoisotopic (exact) mass is 184 g/mol. The van der Waals surface area contributed by atoms with E-state index in [4.69, 9.17) is 0 Å². The summed E-state index contributed by atoms with van der Waals surface area (Å²) in [4.78, 5) is 0. The lowest BCUT2D eigenvalue weighted by atomic mass is 10.1. The molecule has 1 fully saturated rings. The van der Waals surface area contributed by atoms with Crippen LogP contribution < -0.4 is 10.6 Å². The Morgan fingerprint density at radius 1 is 1.23 bits per heavy atom. The molecule has 0 bridgehead atoms. The number of rotatable bonds is 2. The van der Waals surface area contributed by atoms with Crippen molar-refractivity contribution >= 4 is 5.69 Å². The van der Waals surface area contributed by atoms with E-state index in [0.29, 0.717) is 0 Å². The molecule has 0 radical (unpaired) electrons. The lowest BCUT2D eigenvalue weighted by molar-refractivity contribution is 0.465. The average molecular weight is 184 g/mol. The van der Waals surface area contributed by atoms with E-state index < -0.39 is 11.6 Å². The second-order valence-corrected chi connectivity index (χ2v) is 3.10. The normalized spacial score (nSPS) is 16.8. The molecule has 2 rings (SSSR count). The van der Waals surface area contributed by atoms with Crippen LogP contribution in [0, 0.1) is 11.6 Å². The van der Waals surface area contributed by atoms with Crippen LogP contribution in [0.3, 0.4) is 0 Å². The number of hydrogen-bond donors (Lipinski definition) is 2. The van der Waals surface area contributed by atoms with Crippen molar-refractivity contribution in [1.29, 1.82) is 0 Å². The largest absolute Gasteiger partial charge is 0.375 e. The molecule has 1 aromatic carbocycles. The van der Waals surface area contributed by atoms with Crippen LogP contribution in [0.2, 0.25) is 0 Å². The van der Waals surface area contributed by atoms with Crippen LogP contribution in [0.4, 0.5) is 14.5 Å². The molecule has 0 saturated carbocycles. The molecule has 1 aliphatic heterocycles. The lowest BCUT2D eigenvalue weighted by Gasteiger charge is -2.29. The Labute approximate surface area is 75.0 Å². The third-order valence-electron chi connectivity index (χ3n) is 2.09. The van der Waals surface area contributed by atoms with Gasteiger partial charge in [0.2, 0.25) is 0 Å². The van der Waals surface area contributed by atoms with Crippen molar-refractivity contribution in [3.8, 4) is 0 Å². The molecule has 2 nitrogen and oxygen atoms in total. The zero-order valence-electron chi connectivity index (χ0n) is 6.98. The first-order valence-electron chi connectivity index (χ1n) is 4.18. The first-order valence-corrected chi connectivity index (χ1v) is 4.18. The van der Waals surface area contributed by atoms with Gasteiger partial charge < -0.3 is 10.6 Å². The van der Waals surface area contributed by atoms with Crippen molar-refractivity contribution in [2.45, 2.75) is 6.04 Å². The Hall–Kier alpha value is -1.16. The van der Waals surface area contributed by atoms with Gasteiger partial charge in [-0.1, -0.05) is 6.07 Å². The summed E-state index contributed by atoms with van der Waals surface area (Å²) >= 11 is 0. The van der Waals surface area contributed by atoms with E-state index in [1.165, 1.54) is 18.2 Å². The van der Waals surface area contributed by atoms with Crippen LogP contribution in [0.25, 0.3) is 0 Å². The van der Waals surface area contributed by atoms with Gasteiger partial charge in [-0.05, 0) is 12.1 Å². The molecule has 0 spiro atoms. The van der Waals surface area contributed by atoms with Crippen molar-refractivity contribution in [3.63, 3.8) is 0 Å². The van der Waals surface area contributed by atoms with E-state index in [1.54, 1.807) is 0 Å². The molecule has 1 heterocycles. The highest BCUT2D eigenvalue weighted by Crippen LogP contribution is 2.19. The highest BCUT2D eigenvalue weighted by atomic mass is 19.1. The first kappa shape index (κ1) is 8.44. The predicted molar refractivity (Wildman–Crippen MR) is 46.6 cm³/mol. The number of benzene rings is 1. The molecule has 0 amide bonds. The van der Waals surface area contributed by atoms with E-state index in [1.807, 2.05) is 0 Å². The molecular formula is C9H10F2N2. The van der Waals surface area contributed by atoms with Gasteiger partial charge in [0, 0.05) is 13.1 Å². The van der Waals surface area contributed by atoms with Crippen molar-refractivity contribution in [2.75, 3.05) is 18.4 Å². The van der Waals surface area contributed by atoms with E-state index in [0.717, 1.165) is 13.1 Å². The smallest absolute Gasteiger partial charge is 0.149 e. The summed E-state index contributed by atoms with van der Waals surface area (Å²) in [5.74, 6) is -1.07. The minimum absolute atomic E-state index is 0.0194. The fourth-order valence-electron chi connectivity index (χ4n) is 1.23. The molecule has 2 N–H and O–H groups in total. The van der Waals surface area contributed by atoms with Crippen LogP contribution in [0.5, 0.6) is 0 Å². The van der Waals surface area contributed by atoms with Gasteiger partial charge in [-0.2, -0.15) is 0 Å². The number of anilines is 1. The fraction of sp³-hybridized carbons (Fsp3) is 0.333. The van der Waals surface area contributed by atoms with Gasteiger partial charge in [0.25, 0.3) is 0 Å². The number of hydrogen-bond acceptors (Lipinski definition) is 2. The first-order chi connectivity index (χ1) is 6.27. The van der Waals surface area contributed by atoms with E-state index in [2.05, 4.69) is 10.6 Å². The van der Waals surface area contributed by atoms with Gasteiger partial charge in [0.05, 0.1) is 6.04 Å². The molecule has 1 aromatic rings. The van der Waals surface area contributed by atoms with Crippen molar-refractivity contribution < 1.29 is 8.78 Å².